The average molecular weight is 385 g/mol. The summed E-state index contributed by atoms with van der Waals surface area (Å²) in [4.78, 5) is 11.8. The molecule has 0 aliphatic heterocycles. The van der Waals surface area contributed by atoms with Crippen LogP contribution in [0.1, 0.15) is 5.01 Å². The zero-order chi connectivity index (χ0) is 11.7. The van der Waals surface area contributed by atoms with Crippen molar-refractivity contribution in [1.29, 1.82) is 0 Å². The van der Waals surface area contributed by atoms with E-state index >= 15 is 0 Å². The van der Waals surface area contributed by atoms with Crippen LogP contribution in [0.15, 0.2) is 26.0 Å². The van der Waals surface area contributed by atoms with Crippen molar-refractivity contribution in [3.8, 4) is 0 Å². The van der Waals surface area contributed by atoms with E-state index < -0.39 is 0 Å². The minimum Gasteiger partial charge on any atom is -0.306 e. The van der Waals surface area contributed by atoms with Gasteiger partial charge < -0.3 is 4.57 Å². The second kappa shape index (κ2) is 4.95. The highest BCUT2D eigenvalue weighted by Gasteiger charge is 2.07. The Kier molecular flexibility index (Phi) is 3.78. The monoisotopic (exact) mass is 383 g/mol. The minimum atomic E-state index is -0.116. The lowest BCUT2D eigenvalue weighted by Crippen LogP contribution is -2.20. The molecule has 0 fully saturated rings. The summed E-state index contributed by atoms with van der Waals surface area (Å²) in [5.41, 5.74) is -0.116. The van der Waals surface area contributed by atoms with Gasteiger partial charge in [-0.3, -0.25) is 4.79 Å². The van der Waals surface area contributed by atoms with Crippen molar-refractivity contribution in [1.82, 2.24) is 14.8 Å². The molecule has 0 aromatic carbocycles. The third-order valence-electron chi connectivity index (χ3n) is 1.76. The molecule has 0 aliphatic carbocycles. The van der Waals surface area contributed by atoms with E-state index in [0.717, 1.165) is 4.47 Å². The molecule has 0 atom stereocenters. The molecule has 2 heterocycles. The van der Waals surface area contributed by atoms with E-state index in [1.54, 1.807) is 12.3 Å². The predicted octanol–water partition coefficient (Wildman–Crippen LogP) is 2.93. The highest BCUT2D eigenvalue weighted by Crippen LogP contribution is 2.17. The minimum absolute atomic E-state index is 0.116. The van der Waals surface area contributed by atoms with Gasteiger partial charge in [0.25, 0.3) is 5.56 Å². The van der Waals surface area contributed by atoms with Crippen molar-refractivity contribution in [2.45, 2.75) is 6.54 Å². The van der Waals surface area contributed by atoms with Gasteiger partial charge in [0.1, 0.15) is 5.01 Å². The summed E-state index contributed by atoms with van der Waals surface area (Å²) >= 11 is 13.4. The van der Waals surface area contributed by atoms with Crippen molar-refractivity contribution in [3.63, 3.8) is 0 Å². The Bertz CT molecular complexity index is 583. The summed E-state index contributed by atoms with van der Waals surface area (Å²) in [6.45, 7) is 0.362. The number of rotatable bonds is 2. The maximum Gasteiger partial charge on any atom is 0.265 e. The predicted molar refractivity (Wildman–Crippen MR) is 70.1 cm³/mol. The quantitative estimate of drug-likeness (QED) is 0.799. The van der Waals surface area contributed by atoms with Gasteiger partial charge in [0.2, 0.25) is 4.47 Å². The average Bonchev–Trinajstić information content (AvgIpc) is 2.60. The summed E-state index contributed by atoms with van der Waals surface area (Å²) in [7, 11) is 0. The summed E-state index contributed by atoms with van der Waals surface area (Å²) in [5.74, 6) is 0. The molecule has 0 spiro atoms. The fraction of sp³-hybridized carbons (Fsp3) is 0.125. The Morgan fingerprint density at radius 2 is 2.19 bits per heavy atom. The number of aromatic nitrogens is 3. The highest BCUT2D eigenvalue weighted by atomic mass is 79.9. The normalized spacial score (nSPS) is 10.7. The first-order valence-electron chi connectivity index (χ1n) is 4.09. The van der Waals surface area contributed by atoms with Crippen molar-refractivity contribution in [2.24, 2.45) is 0 Å². The molecule has 4 nitrogen and oxygen atoms in total. The Morgan fingerprint density at radius 1 is 1.44 bits per heavy atom. The molecule has 0 N–H and O–H groups in total. The molecular formula is C8H4Br2ClN3OS. The van der Waals surface area contributed by atoms with Gasteiger partial charge in [-0.1, -0.05) is 11.3 Å². The molecule has 0 saturated carbocycles. The van der Waals surface area contributed by atoms with Gasteiger partial charge in [-0.15, -0.1) is 10.2 Å². The van der Waals surface area contributed by atoms with E-state index in [1.165, 1.54) is 15.9 Å². The number of pyridine rings is 1. The van der Waals surface area contributed by atoms with Gasteiger partial charge in [0.05, 0.1) is 11.0 Å². The summed E-state index contributed by atoms with van der Waals surface area (Å²) < 4.78 is 3.22. The second-order valence-corrected chi connectivity index (χ2v) is 6.30. The molecule has 84 valence electrons. The third kappa shape index (κ3) is 2.71. The van der Waals surface area contributed by atoms with Gasteiger partial charge in [-0.25, -0.2) is 0 Å². The summed E-state index contributed by atoms with van der Waals surface area (Å²) in [5, 5.41) is 8.23. The van der Waals surface area contributed by atoms with E-state index in [0.29, 0.717) is 20.5 Å². The van der Waals surface area contributed by atoms with Crippen molar-refractivity contribution in [2.75, 3.05) is 0 Å². The first-order chi connectivity index (χ1) is 7.56. The van der Waals surface area contributed by atoms with Gasteiger partial charge >= 0.3 is 0 Å². The molecule has 0 saturated heterocycles. The lowest BCUT2D eigenvalue weighted by Gasteiger charge is -2.03. The van der Waals surface area contributed by atoms with Crippen LogP contribution in [0.5, 0.6) is 0 Å². The Balaban J connectivity index is 2.38. The number of hydrogen-bond donors (Lipinski definition) is 0. The summed E-state index contributed by atoms with van der Waals surface area (Å²) in [6, 6.07) is 1.70. The van der Waals surface area contributed by atoms with E-state index in [9.17, 15) is 4.79 Å². The Morgan fingerprint density at radius 3 is 2.81 bits per heavy atom. The molecule has 0 radical (unpaired) electrons. The molecule has 0 aliphatic rings. The van der Waals surface area contributed by atoms with E-state index in [4.69, 9.17) is 11.6 Å². The van der Waals surface area contributed by atoms with Crippen LogP contribution in [0.3, 0.4) is 0 Å². The van der Waals surface area contributed by atoms with E-state index in [2.05, 4.69) is 42.1 Å². The lowest BCUT2D eigenvalue weighted by atomic mass is 10.4. The SMILES string of the molecule is O=c1c(Br)cc(Br)cn1Cc1nnc(Cl)s1. The van der Waals surface area contributed by atoms with Crippen LogP contribution in [0, 0.1) is 0 Å². The van der Waals surface area contributed by atoms with Crippen molar-refractivity contribution in [3.05, 3.63) is 41.0 Å². The number of halogens is 3. The third-order valence-corrected chi connectivity index (χ3v) is 3.76. The number of nitrogens with zero attached hydrogens (tertiary/aromatic N) is 3. The van der Waals surface area contributed by atoms with Gasteiger partial charge in [0, 0.05) is 10.7 Å². The largest absolute Gasteiger partial charge is 0.306 e. The molecule has 8 heteroatoms. The van der Waals surface area contributed by atoms with Gasteiger partial charge in [-0.05, 0) is 49.5 Å². The van der Waals surface area contributed by atoms with Crippen LogP contribution in [-0.2, 0) is 6.54 Å². The second-order valence-electron chi connectivity index (χ2n) is 2.89. The van der Waals surface area contributed by atoms with Gasteiger partial charge in [0.15, 0.2) is 0 Å². The number of hydrogen-bond acceptors (Lipinski definition) is 4. The Hall–Kier alpha value is -0.240. The van der Waals surface area contributed by atoms with Crippen LogP contribution in [0.2, 0.25) is 4.47 Å². The molecule has 0 unspecified atom stereocenters. The zero-order valence-corrected chi connectivity index (χ0v) is 12.4. The van der Waals surface area contributed by atoms with Crippen LogP contribution in [0.25, 0.3) is 0 Å². The molecule has 0 amide bonds. The summed E-state index contributed by atoms with van der Waals surface area (Å²) in [6.07, 6.45) is 1.70. The smallest absolute Gasteiger partial charge is 0.265 e. The molecule has 16 heavy (non-hydrogen) atoms. The van der Waals surface area contributed by atoms with Crippen molar-refractivity contribution >= 4 is 54.8 Å². The van der Waals surface area contributed by atoms with Crippen molar-refractivity contribution < 1.29 is 0 Å². The molecule has 2 aromatic heterocycles. The fourth-order valence-corrected chi connectivity index (χ4v) is 3.25. The highest BCUT2D eigenvalue weighted by molar-refractivity contribution is 9.11. The first kappa shape index (κ1) is 12.2. The molecule has 2 rings (SSSR count). The van der Waals surface area contributed by atoms with E-state index in [-0.39, 0.29) is 5.56 Å². The van der Waals surface area contributed by atoms with Crippen LogP contribution < -0.4 is 5.56 Å². The maximum absolute atomic E-state index is 11.8. The molecule has 2 aromatic rings. The molecular weight excluding hydrogens is 381 g/mol. The maximum atomic E-state index is 11.8. The Labute approximate surface area is 117 Å². The van der Waals surface area contributed by atoms with E-state index in [1.807, 2.05) is 0 Å². The first-order valence-corrected chi connectivity index (χ1v) is 6.87. The zero-order valence-electron chi connectivity index (χ0n) is 7.65. The molecule has 0 bridgehead atoms. The van der Waals surface area contributed by atoms with Crippen LogP contribution in [0.4, 0.5) is 0 Å². The fourth-order valence-electron chi connectivity index (χ4n) is 1.12. The van der Waals surface area contributed by atoms with Crippen LogP contribution in [-0.4, -0.2) is 14.8 Å². The van der Waals surface area contributed by atoms with Crippen LogP contribution >= 0.6 is 54.8 Å². The standard InChI is InChI=1S/C8H4Br2ClN3OS/c9-4-1-5(10)7(15)14(2-4)3-6-12-13-8(11)16-6/h1-2H,3H2. The topological polar surface area (TPSA) is 47.8 Å². The van der Waals surface area contributed by atoms with Gasteiger partial charge in [-0.2, -0.15) is 0 Å². The lowest BCUT2D eigenvalue weighted by molar-refractivity contribution is 0.737.